The van der Waals surface area contributed by atoms with Gasteiger partial charge in [-0.3, -0.25) is 0 Å². The SMILES string of the molecule is CNC(CCc1ccc(OC)cc1)C1=CCCO1. The van der Waals surface area contributed by atoms with Gasteiger partial charge in [-0.25, -0.2) is 0 Å². The average molecular weight is 247 g/mol. The van der Waals surface area contributed by atoms with Crippen molar-refractivity contribution in [1.29, 1.82) is 0 Å². The van der Waals surface area contributed by atoms with Crippen molar-refractivity contribution in [3.05, 3.63) is 41.7 Å². The highest BCUT2D eigenvalue weighted by Gasteiger charge is 2.16. The fourth-order valence-electron chi connectivity index (χ4n) is 2.21. The van der Waals surface area contributed by atoms with Gasteiger partial charge >= 0.3 is 0 Å². The van der Waals surface area contributed by atoms with Crippen LogP contribution in [-0.4, -0.2) is 26.8 Å². The summed E-state index contributed by atoms with van der Waals surface area (Å²) >= 11 is 0. The molecular formula is C15H21NO2. The van der Waals surface area contributed by atoms with E-state index in [0.717, 1.165) is 37.4 Å². The molecule has 98 valence electrons. The second kappa shape index (κ2) is 6.45. The van der Waals surface area contributed by atoms with Crippen LogP contribution in [0.15, 0.2) is 36.1 Å². The van der Waals surface area contributed by atoms with Gasteiger partial charge in [-0.1, -0.05) is 12.1 Å². The van der Waals surface area contributed by atoms with Crippen molar-refractivity contribution in [3.63, 3.8) is 0 Å². The molecule has 0 spiro atoms. The number of nitrogens with one attached hydrogen (secondary N) is 1. The van der Waals surface area contributed by atoms with Gasteiger partial charge in [0.1, 0.15) is 11.5 Å². The van der Waals surface area contributed by atoms with E-state index in [1.165, 1.54) is 5.56 Å². The van der Waals surface area contributed by atoms with Gasteiger partial charge in [-0.15, -0.1) is 0 Å². The summed E-state index contributed by atoms with van der Waals surface area (Å²) in [5, 5.41) is 3.32. The summed E-state index contributed by atoms with van der Waals surface area (Å²) in [6.45, 7) is 0.829. The molecule has 1 unspecified atom stereocenters. The number of rotatable bonds is 6. The number of benzene rings is 1. The van der Waals surface area contributed by atoms with Crippen LogP contribution < -0.4 is 10.1 Å². The van der Waals surface area contributed by atoms with E-state index >= 15 is 0 Å². The first-order chi connectivity index (χ1) is 8.83. The number of methoxy groups -OCH3 is 1. The van der Waals surface area contributed by atoms with Gasteiger partial charge in [0.25, 0.3) is 0 Å². The number of aryl methyl sites for hydroxylation is 1. The molecule has 0 bridgehead atoms. The molecular weight excluding hydrogens is 226 g/mol. The van der Waals surface area contributed by atoms with Crippen LogP contribution in [0.1, 0.15) is 18.4 Å². The maximum atomic E-state index is 5.61. The highest BCUT2D eigenvalue weighted by atomic mass is 16.5. The molecule has 0 radical (unpaired) electrons. The van der Waals surface area contributed by atoms with E-state index in [-0.39, 0.29) is 0 Å². The lowest BCUT2D eigenvalue weighted by Gasteiger charge is -2.17. The number of hydrogen-bond donors (Lipinski definition) is 1. The van der Waals surface area contributed by atoms with Crippen molar-refractivity contribution in [3.8, 4) is 5.75 Å². The minimum Gasteiger partial charge on any atom is -0.497 e. The van der Waals surface area contributed by atoms with Gasteiger partial charge in [-0.2, -0.15) is 0 Å². The Labute approximate surface area is 109 Å². The molecule has 1 aromatic rings. The standard InChI is InChI=1S/C15H21NO2/c1-16-14(15-4-3-11-18-15)10-7-12-5-8-13(17-2)9-6-12/h4-6,8-9,14,16H,3,7,10-11H2,1-2H3. The Bertz CT molecular complexity index is 397. The predicted octanol–water partition coefficient (Wildman–Crippen LogP) is 2.52. The Kier molecular flexibility index (Phi) is 4.65. The Balaban J connectivity index is 1.88. The van der Waals surface area contributed by atoms with Crippen LogP contribution in [0.25, 0.3) is 0 Å². The van der Waals surface area contributed by atoms with Gasteiger partial charge in [0, 0.05) is 6.42 Å². The van der Waals surface area contributed by atoms with Crippen molar-refractivity contribution in [2.45, 2.75) is 25.3 Å². The van der Waals surface area contributed by atoms with E-state index in [0.29, 0.717) is 6.04 Å². The molecule has 1 aliphatic rings. The van der Waals surface area contributed by atoms with E-state index in [4.69, 9.17) is 9.47 Å². The third kappa shape index (κ3) is 3.26. The van der Waals surface area contributed by atoms with E-state index in [1.807, 2.05) is 19.2 Å². The summed E-state index contributed by atoms with van der Waals surface area (Å²) in [7, 11) is 3.68. The smallest absolute Gasteiger partial charge is 0.118 e. The molecule has 3 nitrogen and oxygen atoms in total. The van der Waals surface area contributed by atoms with Crippen LogP contribution in [0, 0.1) is 0 Å². The highest BCUT2D eigenvalue weighted by molar-refractivity contribution is 5.27. The molecule has 0 aliphatic carbocycles. The molecule has 18 heavy (non-hydrogen) atoms. The summed E-state index contributed by atoms with van der Waals surface area (Å²) < 4.78 is 10.8. The van der Waals surface area contributed by atoms with Gasteiger partial charge in [0.05, 0.1) is 19.8 Å². The molecule has 1 N–H and O–H groups in total. The molecule has 1 aliphatic heterocycles. The van der Waals surface area contributed by atoms with E-state index < -0.39 is 0 Å². The van der Waals surface area contributed by atoms with E-state index in [1.54, 1.807) is 7.11 Å². The van der Waals surface area contributed by atoms with Gasteiger partial charge < -0.3 is 14.8 Å². The average Bonchev–Trinajstić information content (AvgIpc) is 2.94. The zero-order chi connectivity index (χ0) is 12.8. The van der Waals surface area contributed by atoms with Crippen LogP contribution in [0.5, 0.6) is 5.75 Å². The van der Waals surface area contributed by atoms with E-state index in [2.05, 4.69) is 23.5 Å². The van der Waals surface area contributed by atoms with E-state index in [9.17, 15) is 0 Å². The lowest BCUT2D eigenvalue weighted by atomic mass is 10.0. The van der Waals surface area contributed by atoms with Crippen LogP contribution in [-0.2, 0) is 11.2 Å². The fraction of sp³-hybridized carbons (Fsp3) is 0.467. The summed E-state index contributed by atoms with van der Waals surface area (Å²) in [6.07, 6.45) is 5.32. The quantitative estimate of drug-likeness (QED) is 0.838. The molecule has 0 amide bonds. The largest absolute Gasteiger partial charge is 0.497 e. The normalized spacial score (nSPS) is 16.0. The lowest BCUT2D eigenvalue weighted by molar-refractivity contribution is 0.214. The van der Waals surface area contributed by atoms with Crippen molar-refractivity contribution < 1.29 is 9.47 Å². The summed E-state index contributed by atoms with van der Waals surface area (Å²) in [5.74, 6) is 2.01. The van der Waals surface area contributed by atoms with Gasteiger partial charge in [0.2, 0.25) is 0 Å². The summed E-state index contributed by atoms with van der Waals surface area (Å²) in [4.78, 5) is 0. The summed E-state index contributed by atoms with van der Waals surface area (Å²) in [6, 6.07) is 8.59. The summed E-state index contributed by atoms with van der Waals surface area (Å²) in [5.41, 5.74) is 1.33. The molecule has 0 fully saturated rings. The van der Waals surface area contributed by atoms with Crippen LogP contribution in [0.4, 0.5) is 0 Å². The molecule has 3 heteroatoms. The molecule has 2 rings (SSSR count). The molecule has 1 atom stereocenters. The lowest BCUT2D eigenvalue weighted by Crippen LogP contribution is -2.28. The number of likely N-dealkylation sites (N-methyl/N-ethyl adjacent to an activating group) is 1. The Morgan fingerprint density at radius 2 is 2.11 bits per heavy atom. The van der Waals surface area contributed by atoms with Crippen molar-refractivity contribution in [1.82, 2.24) is 5.32 Å². The second-order valence-corrected chi connectivity index (χ2v) is 4.47. The first-order valence-corrected chi connectivity index (χ1v) is 6.46. The maximum Gasteiger partial charge on any atom is 0.118 e. The zero-order valence-corrected chi connectivity index (χ0v) is 11.1. The van der Waals surface area contributed by atoms with Crippen molar-refractivity contribution >= 4 is 0 Å². The number of hydrogen-bond acceptors (Lipinski definition) is 3. The third-order valence-corrected chi connectivity index (χ3v) is 3.30. The highest BCUT2D eigenvalue weighted by Crippen LogP contribution is 2.18. The van der Waals surface area contributed by atoms with Gasteiger partial charge in [-0.05, 0) is 43.7 Å². The third-order valence-electron chi connectivity index (χ3n) is 3.30. The topological polar surface area (TPSA) is 30.5 Å². The first kappa shape index (κ1) is 13.0. The molecule has 1 heterocycles. The zero-order valence-electron chi connectivity index (χ0n) is 11.1. The van der Waals surface area contributed by atoms with Crippen molar-refractivity contribution in [2.24, 2.45) is 0 Å². The minimum atomic E-state index is 0.328. The Morgan fingerprint density at radius 1 is 1.33 bits per heavy atom. The molecule has 0 saturated carbocycles. The molecule has 1 aromatic carbocycles. The second-order valence-electron chi connectivity index (χ2n) is 4.47. The number of ether oxygens (including phenoxy) is 2. The predicted molar refractivity (Wildman–Crippen MR) is 72.8 cm³/mol. The Hall–Kier alpha value is -1.48. The Morgan fingerprint density at radius 3 is 2.67 bits per heavy atom. The molecule has 0 aromatic heterocycles. The fourth-order valence-corrected chi connectivity index (χ4v) is 2.21. The molecule has 0 saturated heterocycles. The van der Waals surface area contributed by atoms with Crippen LogP contribution in [0.2, 0.25) is 0 Å². The van der Waals surface area contributed by atoms with Gasteiger partial charge in [0.15, 0.2) is 0 Å². The first-order valence-electron chi connectivity index (χ1n) is 6.46. The maximum absolute atomic E-state index is 5.61. The van der Waals surface area contributed by atoms with Crippen molar-refractivity contribution in [2.75, 3.05) is 20.8 Å². The minimum absolute atomic E-state index is 0.328. The van der Waals surface area contributed by atoms with Crippen LogP contribution >= 0.6 is 0 Å². The monoisotopic (exact) mass is 247 g/mol. The van der Waals surface area contributed by atoms with Crippen LogP contribution in [0.3, 0.4) is 0 Å².